The monoisotopic (exact) mass is 222 g/mol. The molecule has 0 radical (unpaired) electrons. The fraction of sp³-hybridized carbons (Fsp3) is 0.273. The van der Waals surface area contributed by atoms with E-state index in [9.17, 15) is 9.18 Å². The van der Waals surface area contributed by atoms with Crippen LogP contribution in [0.3, 0.4) is 0 Å². The number of aromatic hydroxyl groups is 1. The van der Waals surface area contributed by atoms with E-state index in [0.29, 0.717) is 6.42 Å². The molecule has 4 nitrogen and oxygen atoms in total. The molecule has 16 heavy (non-hydrogen) atoms. The second-order valence-corrected chi connectivity index (χ2v) is 3.23. The number of halogens is 1. The van der Waals surface area contributed by atoms with E-state index >= 15 is 0 Å². The molecule has 0 spiro atoms. The van der Waals surface area contributed by atoms with Gasteiger partial charge in [0.05, 0.1) is 11.6 Å². The highest BCUT2D eigenvalue weighted by Gasteiger charge is 2.15. The van der Waals surface area contributed by atoms with Crippen molar-refractivity contribution < 1.29 is 14.3 Å². The lowest BCUT2D eigenvalue weighted by molar-refractivity contribution is 0.0940. The zero-order chi connectivity index (χ0) is 12.1. The van der Waals surface area contributed by atoms with Crippen molar-refractivity contribution in [3.63, 3.8) is 0 Å². The van der Waals surface area contributed by atoms with Crippen LogP contribution in [0.1, 0.15) is 23.7 Å². The first-order valence-electron chi connectivity index (χ1n) is 4.77. The number of hydrogen-bond donors (Lipinski definition) is 2. The Kier molecular flexibility index (Phi) is 3.84. The number of phenolic OH excluding ortho intramolecular Hbond substituents is 1. The molecule has 1 aromatic rings. The van der Waals surface area contributed by atoms with Crippen LogP contribution >= 0.6 is 0 Å². The lowest BCUT2D eigenvalue weighted by atomic mass is 10.1. The number of amides is 1. The quantitative estimate of drug-likeness (QED) is 0.815. The van der Waals surface area contributed by atoms with Gasteiger partial charge >= 0.3 is 0 Å². The second kappa shape index (κ2) is 5.12. The van der Waals surface area contributed by atoms with Gasteiger partial charge in [0, 0.05) is 6.07 Å². The predicted octanol–water partition coefficient (Wildman–Crippen LogP) is 1.56. The van der Waals surface area contributed by atoms with Gasteiger partial charge in [0.25, 0.3) is 5.91 Å². The molecule has 0 aliphatic heterocycles. The van der Waals surface area contributed by atoms with Gasteiger partial charge in [-0.3, -0.25) is 4.79 Å². The lowest BCUT2D eigenvalue weighted by Gasteiger charge is -2.09. The molecule has 5 heteroatoms. The minimum atomic E-state index is -0.815. The molecule has 84 valence electrons. The molecular formula is C11H11FN2O2. The Balaban J connectivity index is 2.85. The molecule has 0 bridgehead atoms. The summed E-state index contributed by atoms with van der Waals surface area (Å²) in [6.07, 6.45) is 0.446. The summed E-state index contributed by atoms with van der Waals surface area (Å²) in [5.41, 5.74) is -0.188. The number of nitriles is 1. The van der Waals surface area contributed by atoms with Crippen molar-refractivity contribution in [1.82, 2.24) is 5.32 Å². The summed E-state index contributed by atoms with van der Waals surface area (Å²) in [5, 5.41) is 20.0. The third kappa shape index (κ3) is 2.70. The van der Waals surface area contributed by atoms with Crippen molar-refractivity contribution in [2.75, 3.05) is 0 Å². The molecule has 1 unspecified atom stereocenters. The molecule has 0 aliphatic carbocycles. The van der Waals surface area contributed by atoms with Gasteiger partial charge in [-0.2, -0.15) is 5.26 Å². The van der Waals surface area contributed by atoms with E-state index in [0.717, 1.165) is 6.07 Å². The molecule has 0 aromatic heterocycles. The van der Waals surface area contributed by atoms with Gasteiger partial charge < -0.3 is 10.4 Å². The van der Waals surface area contributed by atoms with Crippen molar-refractivity contribution in [2.45, 2.75) is 19.4 Å². The molecule has 1 aromatic carbocycles. The van der Waals surface area contributed by atoms with E-state index in [1.807, 2.05) is 6.07 Å². The molecule has 1 atom stereocenters. The number of carbonyl (C=O) groups is 1. The second-order valence-electron chi connectivity index (χ2n) is 3.23. The first kappa shape index (κ1) is 12.0. The average molecular weight is 222 g/mol. The number of hydrogen-bond acceptors (Lipinski definition) is 3. The number of benzene rings is 1. The number of phenols is 1. The van der Waals surface area contributed by atoms with Crippen LogP contribution in [0.4, 0.5) is 4.39 Å². The third-order valence-corrected chi connectivity index (χ3v) is 2.07. The molecule has 0 aliphatic rings. The Morgan fingerprint density at radius 1 is 1.69 bits per heavy atom. The van der Waals surface area contributed by atoms with Crippen LogP contribution in [-0.2, 0) is 0 Å². The molecule has 2 N–H and O–H groups in total. The number of carbonyl (C=O) groups excluding carboxylic acids is 1. The van der Waals surface area contributed by atoms with Crippen LogP contribution in [0.5, 0.6) is 5.75 Å². The van der Waals surface area contributed by atoms with E-state index in [4.69, 9.17) is 10.4 Å². The summed E-state index contributed by atoms with van der Waals surface area (Å²) in [7, 11) is 0. The largest absolute Gasteiger partial charge is 0.508 e. The minimum absolute atomic E-state index is 0.188. The van der Waals surface area contributed by atoms with Crippen LogP contribution in [0.15, 0.2) is 18.2 Å². The summed E-state index contributed by atoms with van der Waals surface area (Å²) < 4.78 is 13.3. The van der Waals surface area contributed by atoms with Crippen LogP contribution in [-0.4, -0.2) is 17.1 Å². The highest BCUT2D eigenvalue weighted by Crippen LogP contribution is 2.15. The van der Waals surface area contributed by atoms with Gasteiger partial charge in [-0.1, -0.05) is 6.92 Å². The molecule has 0 saturated carbocycles. The van der Waals surface area contributed by atoms with E-state index < -0.39 is 17.8 Å². The Labute approximate surface area is 92.3 Å². The topological polar surface area (TPSA) is 73.1 Å². The highest BCUT2D eigenvalue weighted by molar-refractivity contribution is 5.94. The molecule has 1 rings (SSSR count). The summed E-state index contributed by atoms with van der Waals surface area (Å²) in [4.78, 5) is 11.5. The van der Waals surface area contributed by atoms with Crippen molar-refractivity contribution in [2.24, 2.45) is 0 Å². The number of rotatable bonds is 3. The molecule has 1 amide bonds. The van der Waals surface area contributed by atoms with E-state index in [1.54, 1.807) is 6.92 Å². The zero-order valence-electron chi connectivity index (χ0n) is 8.70. The molecule has 0 heterocycles. The Bertz CT molecular complexity index is 440. The summed E-state index contributed by atoms with van der Waals surface area (Å²) >= 11 is 0. The van der Waals surface area contributed by atoms with Gasteiger partial charge in [-0.25, -0.2) is 4.39 Å². The van der Waals surface area contributed by atoms with Gasteiger partial charge in [-0.15, -0.1) is 0 Å². The number of nitrogens with zero attached hydrogens (tertiary/aromatic N) is 1. The Hall–Kier alpha value is -2.09. The highest BCUT2D eigenvalue weighted by atomic mass is 19.1. The van der Waals surface area contributed by atoms with Crippen molar-refractivity contribution >= 4 is 5.91 Å². The van der Waals surface area contributed by atoms with Crippen LogP contribution in [0, 0.1) is 17.1 Å². The van der Waals surface area contributed by atoms with Gasteiger partial charge in [0.15, 0.2) is 0 Å². The molecule has 0 saturated heterocycles. The molecular weight excluding hydrogens is 211 g/mol. The first-order chi connectivity index (χ1) is 7.58. The standard InChI is InChI=1S/C11H11FN2O2/c1-2-7(6-13)14-11(16)9-4-3-8(15)5-10(9)12/h3-5,7,15H,2H2,1H3,(H,14,16). The van der Waals surface area contributed by atoms with Gasteiger partial charge in [0.1, 0.15) is 17.6 Å². The smallest absolute Gasteiger partial charge is 0.255 e. The van der Waals surface area contributed by atoms with Gasteiger partial charge in [-0.05, 0) is 18.6 Å². The van der Waals surface area contributed by atoms with Crippen LogP contribution in [0.2, 0.25) is 0 Å². The first-order valence-corrected chi connectivity index (χ1v) is 4.77. The zero-order valence-corrected chi connectivity index (χ0v) is 8.70. The van der Waals surface area contributed by atoms with Crippen molar-refractivity contribution in [1.29, 1.82) is 5.26 Å². The van der Waals surface area contributed by atoms with Crippen molar-refractivity contribution in [3.8, 4) is 11.8 Å². The maximum Gasteiger partial charge on any atom is 0.255 e. The minimum Gasteiger partial charge on any atom is -0.508 e. The van der Waals surface area contributed by atoms with Crippen LogP contribution < -0.4 is 5.32 Å². The van der Waals surface area contributed by atoms with Crippen LogP contribution in [0.25, 0.3) is 0 Å². The molecule has 0 fully saturated rings. The Morgan fingerprint density at radius 3 is 2.88 bits per heavy atom. The normalized spacial score (nSPS) is 11.6. The maximum absolute atomic E-state index is 13.3. The summed E-state index contributed by atoms with van der Waals surface area (Å²) in [5.74, 6) is -1.72. The maximum atomic E-state index is 13.3. The van der Waals surface area contributed by atoms with Gasteiger partial charge in [0.2, 0.25) is 0 Å². The lowest BCUT2D eigenvalue weighted by Crippen LogP contribution is -2.33. The fourth-order valence-corrected chi connectivity index (χ4v) is 1.15. The Morgan fingerprint density at radius 2 is 2.38 bits per heavy atom. The van der Waals surface area contributed by atoms with E-state index in [2.05, 4.69) is 5.32 Å². The summed E-state index contributed by atoms with van der Waals surface area (Å²) in [6.45, 7) is 1.74. The predicted molar refractivity (Wildman–Crippen MR) is 55.2 cm³/mol. The fourth-order valence-electron chi connectivity index (χ4n) is 1.15. The van der Waals surface area contributed by atoms with E-state index in [-0.39, 0.29) is 11.3 Å². The number of nitrogens with one attached hydrogen (secondary N) is 1. The average Bonchev–Trinajstić information content (AvgIpc) is 2.25. The summed E-state index contributed by atoms with van der Waals surface area (Å²) in [6, 6.07) is 4.48. The van der Waals surface area contributed by atoms with E-state index in [1.165, 1.54) is 12.1 Å². The SMILES string of the molecule is CCC(C#N)NC(=O)c1ccc(O)cc1F. The third-order valence-electron chi connectivity index (χ3n) is 2.07. The van der Waals surface area contributed by atoms with Crippen molar-refractivity contribution in [3.05, 3.63) is 29.6 Å².